The number of hydrogen-bond acceptors (Lipinski definition) is 5. The van der Waals surface area contributed by atoms with Crippen molar-refractivity contribution >= 4 is 11.6 Å². The maximum atomic E-state index is 13.4. The summed E-state index contributed by atoms with van der Waals surface area (Å²) >= 11 is 0. The number of nitriles is 1. The SMILES string of the molecule is COCC1CN(C(=O)c2ccncc2)CC12CCN(c1ccc(C#N)c(C(F)(F)F)c1)CC2. The highest BCUT2D eigenvalue weighted by atomic mass is 19.4. The summed E-state index contributed by atoms with van der Waals surface area (Å²) in [6.45, 7) is 2.85. The van der Waals surface area contributed by atoms with Crippen LogP contribution < -0.4 is 4.90 Å². The second-order valence-corrected chi connectivity index (χ2v) is 8.76. The first-order valence-electron chi connectivity index (χ1n) is 10.8. The number of carbonyl (C=O) groups is 1. The van der Waals surface area contributed by atoms with Gasteiger partial charge in [-0.1, -0.05) is 0 Å². The Morgan fingerprint density at radius 2 is 1.94 bits per heavy atom. The Morgan fingerprint density at radius 3 is 2.55 bits per heavy atom. The van der Waals surface area contributed by atoms with Crippen LogP contribution in [0.25, 0.3) is 0 Å². The molecule has 2 aliphatic heterocycles. The molecular formula is C24H25F3N4O2. The van der Waals surface area contributed by atoms with Gasteiger partial charge >= 0.3 is 6.18 Å². The lowest BCUT2D eigenvalue weighted by Gasteiger charge is -2.43. The number of hydrogen-bond donors (Lipinski definition) is 0. The van der Waals surface area contributed by atoms with E-state index in [0.717, 1.165) is 18.9 Å². The Balaban J connectivity index is 1.51. The number of carbonyl (C=O) groups excluding carboxylic acids is 1. The molecule has 33 heavy (non-hydrogen) atoms. The van der Waals surface area contributed by atoms with Crippen LogP contribution in [0.3, 0.4) is 0 Å². The predicted molar refractivity (Wildman–Crippen MR) is 116 cm³/mol. The lowest BCUT2D eigenvalue weighted by Crippen LogP contribution is -2.45. The van der Waals surface area contributed by atoms with Gasteiger partial charge in [-0.05, 0) is 48.6 Å². The van der Waals surface area contributed by atoms with Crippen LogP contribution >= 0.6 is 0 Å². The fraction of sp³-hybridized carbons (Fsp3) is 0.458. The van der Waals surface area contributed by atoms with E-state index in [2.05, 4.69) is 4.98 Å². The van der Waals surface area contributed by atoms with Crippen molar-refractivity contribution in [3.8, 4) is 6.07 Å². The van der Waals surface area contributed by atoms with Crippen LogP contribution in [0.4, 0.5) is 18.9 Å². The van der Waals surface area contributed by atoms with Gasteiger partial charge in [-0.15, -0.1) is 0 Å². The Hall–Kier alpha value is -3.12. The number of benzene rings is 1. The molecule has 0 saturated carbocycles. The summed E-state index contributed by atoms with van der Waals surface area (Å²) in [5.74, 6) is 0.113. The number of likely N-dealkylation sites (tertiary alicyclic amines) is 1. The van der Waals surface area contributed by atoms with Crippen LogP contribution in [0.2, 0.25) is 0 Å². The third kappa shape index (κ3) is 4.53. The topological polar surface area (TPSA) is 69.5 Å². The molecule has 0 bridgehead atoms. The van der Waals surface area contributed by atoms with Gasteiger partial charge in [0, 0.05) is 62.9 Å². The van der Waals surface area contributed by atoms with E-state index >= 15 is 0 Å². The number of amides is 1. The van der Waals surface area contributed by atoms with Crippen molar-refractivity contribution in [1.82, 2.24) is 9.88 Å². The number of halogens is 3. The standard InChI is InChI=1S/C24H25F3N4O2/c1-33-15-19-14-31(22(32)17-4-8-29-9-5-17)16-23(19)6-10-30(11-7-23)20-3-2-18(13-28)21(12-20)24(25,26)27/h2-5,8-9,12,19H,6-7,10-11,14-16H2,1H3. The van der Waals surface area contributed by atoms with Crippen LogP contribution in [0.1, 0.15) is 34.3 Å². The number of methoxy groups -OCH3 is 1. The number of rotatable bonds is 4. The van der Waals surface area contributed by atoms with Gasteiger partial charge in [0.25, 0.3) is 5.91 Å². The number of alkyl halides is 3. The molecule has 1 aromatic heterocycles. The van der Waals surface area contributed by atoms with Crippen molar-refractivity contribution in [1.29, 1.82) is 5.26 Å². The average molecular weight is 458 g/mol. The molecule has 2 aromatic rings. The fourth-order valence-corrected chi connectivity index (χ4v) is 5.13. The summed E-state index contributed by atoms with van der Waals surface area (Å²) < 4.78 is 45.6. The van der Waals surface area contributed by atoms with Gasteiger partial charge in [-0.3, -0.25) is 9.78 Å². The molecular weight excluding hydrogens is 433 g/mol. The van der Waals surface area contributed by atoms with E-state index in [0.29, 0.717) is 44.0 Å². The first kappa shape index (κ1) is 23.1. The van der Waals surface area contributed by atoms with Gasteiger partial charge in [-0.25, -0.2) is 0 Å². The molecule has 3 heterocycles. The van der Waals surface area contributed by atoms with Crippen LogP contribution in [-0.2, 0) is 10.9 Å². The summed E-state index contributed by atoms with van der Waals surface area (Å²) in [5, 5.41) is 9.04. The highest BCUT2D eigenvalue weighted by Gasteiger charge is 2.49. The van der Waals surface area contributed by atoms with Crippen LogP contribution in [0.5, 0.6) is 0 Å². The lowest BCUT2D eigenvalue weighted by atomic mass is 9.71. The molecule has 9 heteroatoms. The quantitative estimate of drug-likeness (QED) is 0.693. The Labute approximate surface area is 190 Å². The molecule has 174 valence electrons. The van der Waals surface area contributed by atoms with Crippen LogP contribution in [-0.4, -0.2) is 55.7 Å². The summed E-state index contributed by atoms with van der Waals surface area (Å²) in [6.07, 6.45) is 0.0832. The normalized spacial score (nSPS) is 20.2. The van der Waals surface area contributed by atoms with Crippen molar-refractivity contribution < 1.29 is 22.7 Å². The van der Waals surface area contributed by atoms with Crippen molar-refractivity contribution in [2.24, 2.45) is 11.3 Å². The van der Waals surface area contributed by atoms with E-state index < -0.39 is 11.7 Å². The molecule has 0 radical (unpaired) electrons. The molecule has 1 spiro atoms. The average Bonchev–Trinajstić information content (AvgIpc) is 3.16. The monoisotopic (exact) mass is 458 g/mol. The van der Waals surface area contributed by atoms with Crippen molar-refractivity contribution in [2.75, 3.05) is 44.8 Å². The third-order valence-electron chi connectivity index (χ3n) is 6.95. The molecule has 2 saturated heterocycles. The molecule has 0 N–H and O–H groups in total. The summed E-state index contributed by atoms with van der Waals surface area (Å²) in [5.41, 5.74) is -0.375. The minimum absolute atomic E-state index is 0.0419. The molecule has 6 nitrogen and oxygen atoms in total. The Kier molecular flexibility index (Phi) is 6.30. The number of aromatic nitrogens is 1. The van der Waals surface area contributed by atoms with Gasteiger partial charge < -0.3 is 14.5 Å². The van der Waals surface area contributed by atoms with Gasteiger partial charge in [-0.2, -0.15) is 18.4 Å². The summed E-state index contributed by atoms with van der Waals surface area (Å²) in [4.78, 5) is 20.8. The molecule has 1 amide bonds. The summed E-state index contributed by atoms with van der Waals surface area (Å²) in [7, 11) is 1.64. The van der Waals surface area contributed by atoms with E-state index in [1.165, 1.54) is 6.07 Å². The second kappa shape index (κ2) is 9.02. The zero-order chi connectivity index (χ0) is 23.6. The Bertz CT molecular complexity index is 1040. The Morgan fingerprint density at radius 1 is 1.24 bits per heavy atom. The van der Waals surface area contributed by atoms with Gasteiger partial charge in [0.05, 0.1) is 23.8 Å². The lowest BCUT2D eigenvalue weighted by molar-refractivity contribution is -0.137. The number of pyridine rings is 1. The van der Waals surface area contributed by atoms with Crippen LogP contribution in [0.15, 0.2) is 42.7 Å². The van der Waals surface area contributed by atoms with E-state index in [1.807, 2.05) is 9.80 Å². The number of nitrogens with zero attached hydrogens (tertiary/aromatic N) is 4. The fourth-order valence-electron chi connectivity index (χ4n) is 5.13. The second-order valence-electron chi connectivity index (χ2n) is 8.76. The molecule has 1 aromatic carbocycles. The molecule has 4 rings (SSSR count). The van der Waals surface area contributed by atoms with Crippen molar-refractivity contribution in [3.05, 3.63) is 59.4 Å². The predicted octanol–water partition coefficient (Wildman–Crippen LogP) is 3.98. The van der Waals surface area contributed by atoms with E-state index in [9.17, 15) is 18.0 Å². The van der Waals surface area contributed by atoms with Crippen molar-refractivity contribution in [3.63, 3.8) is 0 Å². The summed E-state index contributed by atoms with van der Waals surface area (Å²) in [6, 6.07) is 8.90. The highest BCUT2D eigenvalue weighted by Crippen LogP contribution is 2.46. The van der Waals surface area contributed by atoms with Gasteiger partial charge in [0.15, 0.2) is 0 Å². The van der Waals surface area contributed by atoms with Crippen molar-refractivity contribution in [2.45, 2.75) is 19.0 Å². The minimum atomic E-state index is -4.58. The minimum Gasteiger partial charge on any atom is -0.384 e. The zero-order valence-electron chi connectivity index (χ0n) is 18.3. The largest absolute Gasteiger partial charge is 0.417 e. The third-order valence-corrected chi connectivity index (χ3v) is 6.95. The molecule has 1 unspecified atom stereocenters. The number of piperidine rings is 1. The maximum Gasteiger partial charge on any atom is 0.417 e. The van der Waals surface area contributed by atoms with E-state index in [-0.39, 0.29) is 22.8 Å². The smallest absolute Gasteiger partial charge is 0.384 e. The number of anilines is 1. The van der Waals surface area contributed by atoms with E-state index in [1.54, 1.807) is 43.8 Å². The molecule has 1 atom stereocenters. The zero-order valence-corrected chi connectivity index (χ0v) is 18.3. The molecule has 2 aliphatic rings. The maximum absolute atomic E-state index is 13.4. The van der Waals surface area contributed by atoms with Gasteiger partial charge in [0.2, 0.25) is 0 Å². The number of ether oxygens (including phenoxy) is 1. The van der Waals surface area contributed by atoms with E-state index in [4.69, 9.17) is 10.00 Å². The van der Waals surface area contributed by atoms with Crippen LogP contribution in [0, 0.1) is 22.7 Å². The molecule has 0 aliphatic carbocycles. The first-order valence-corrected chi connectivity index (χ1v) is 10.8. The first-order chi connectivity index (χ1) is 15.8. The van der Waals surface area contributed by atoms with Gasteiger partial charge in [0.1, 0.15) is 0 Å². The highest BCUT2D eigenvalue weighted by molar-refractivity contribution is 5.94. The molecule has 2 fully saturated rings.